The molecule has 1 heterocycles. The SMILES string of the molecule is CC1CC1c1ccc(/C=C/C(=O)NCc2ccc(C(N)=O)cc2)o1. The molecule has 1 aromatic carbocycles. The fourth-order valence-corrected chi connectivity index (χ4v) is 2.57. The van der Waals surface area contributed by atoms with Gasteiger partial charge in [-0.2, -0.15) is 0 Å². The van der Waals surface area contributed by atoms with Crippen LogP contribution < -0.4 is 11.1 Å². The number of primary amides is 1. The minimum atomic E-state index is -0.466. The van der Waals surface area contributed by atoms with Crippen LogP contribution in [0, 0.1) is 5.92 Å². The molecule has 5 nitrogen and oxygen atoms in total. The topological polar surface area (TPSA) is 85.3 Å². The number of nitrogens with one attached hydrogen (secondary N) is 1. The molecule has 0 spiro atoms. The van der Waals surface area contributed by atoms with Crippen LogP contribution in [0.3, 0.4) is 0 Å². The van der Waals surface area contributed by atoms with Crippen LogP contribution in [-0.2, 0) is 11.3 Å². The predicted molar refractivity (Wildman–Crippen MR) is 91.1 cm³/mol. The summed E-state index contributed by atoms with van der Waals surface area (Å²) in [5.74, 6) is 2.24. The summed E-state index contributed by atoms with van der Waals surface area (Å²) >= 11 is 0. The van der Waals surface area contributed by atoms with E-state index in [-0.39, 0.29) is 5.91 Å². The van der Waals surface area contributed by atoms with E-state index in [9.17, 15) is 9.59 Å². The Morgan fingerprint density at radius 1 is 1.25 bits per heavy atom. The molecule has 3 N–H and O–H groups in total. The maximum Gasteiger partial charge on any atom is 0.248 e. The molecule has 0 saturated heterocycles. The van der Waals surface area contributed by atoms with Gasteiger partial charge in [0.25, 0.3) is 0 Å². The zero-order valence-corrected chi connectivity index (χ0v) is 13.5. The zero-order chi connectivity index (χ0) is 17.1. The first-order chi connectivity index (χ1) is 11.5. The van der Waals surface area contributed by atoms with Crippen LogP contribution >= 0.6 is 0 Å². The quantitative estimate of drug-likeness (QED) is 0.801. The monoisotopic (exact) mass is 324 g/mol. The first kappa shape index (κ1) is 16.1. The highest BCUT2D eigenvalue weighted by Crippen LogP contribution is 2.47. The Hall–Kier alpha value is -2.82. The van der Waals surface area contributed by atoms with E-state index >= 15 is 0 Å². The second-order valence-electron chi connectivity index (χ2n) is 6.17. The van der Waals surface area contributed by atoms with Gasteiger partial charge < -0.3 is 15.5 Å². The molecule has 1 aromatic heterocycles. The third-order valence-corrected chi connectivity index (χ3v) is 4.23. The first-order valence-electron chi connectivity index (χ1n) is 7.97. The number of carbonyl (C=O) groups is 2. The number of rotatable bonds is 6. The van der Waals surface area contributed by atoms with Gasteiger partial charge in [0.2, 0.25) is 11.8 Å². The van der Waals surface area contributed by atoms with Crippen molar-refractivity contribution in [3.05, 3.63) is 65.1 Å². The predicted octanol–water partition coefficient (Wildman–Crippen LogP) is 2.83. The molecule has 0 aliphatic heterocycles. The Labute approximate surface area is 140 Å². The highest BCUT2D eigenvalue weighted by atomic mass is 16.3. The van der Waals surface area contributed by atoms with Crippen LogP contribution in [0.5, 0.6) is 0 Å². The van der Waals surface area contributed by atoms with Crippen molar-refractivity contribution in [3.63, 3.8) is 0 Å². The van der Waals surface area contributed by atoms with Crippen LogP contribution in [0.2, 0.25) is 0 Å². The van der Waals surface area contributed by atoms with Crippen molar-refractivity contribution in [2.75, 3.05) is 0 Å². The molecule has 5 heteroatoms. The van der Waals surface area contributed by atoms with E-state index in [1.807, 2.05) is 12.1 Å². The van der Waals surface area contributed by atoms with Crippen LogP contribution in [0.15, 0.2) is 46.9 Å². The van der Waals surface area contributed by atoms with Crippen molar-refractivity contribution >= 4 is 17.9 Å². The van der Waals surface area contributed by atoms with Crippen LogP contribution in [0.4, 0.5) is 0 Å². The Balaban J connectivity index is 1.50. The maximum absolute atomic E-state index is 11.9. The van der Waals surface area contributed by atoms with Crippen LogP contribution in [0.25, 0.3) is 6.08 Å². The minimum absolute atomic E-state index is 0.202. The molecule has 1 fully saturated rings. The van der Waals surface area contributed by atoms with E-state index in [2.05, 4.69) is 12.2 Å². The van der Waals surface area contributed by atoms with Gasteiger partial charge in [-0.1, -0.05) is 19.1 Å². The van der Waals surface area contributed by atoms with Gasteiger partial charge in [-0.3, -0.25) is 9.59 Å². The fourth-order valence-electron chi connectivity index (χ4n) is 2.57. The molecule has 2 unspecified atom stereocenters. The second kappa shape index (κ2) is 6.74. The molecule has 0 radical (unpaired) electrons. The molecule has 3 rings (SSSR count). The van der Waals surface area contributed by atoms with E-state index in [1.54, 1.807) is 30.3 Å². The van der Waals surface area contributed by atoms with Gasteiger partial charge in [0.1, 0.15) is 11.5 Å². The number of benzene rings is 1. The lowest BCUT2D eigenvalue weighted by Crippen LogP contribution is -2.20. The highest BCUT2D eigenvalue weighted by Gasteiger charge is 2.36. The average molecular weight is 324 g/mol. The second-order valence-corrected chi connectivity index (χ2v) is 6.17. The summed E-state index contributed by atoms with van der Waals surface area (Å²) in [5.41, 5.74) is 6.53. The van der Waals surface area contributed by atoms with Crippen molar-refractivity contribution in [2.24, 2.45) is 11.7 Å². The van der Waals surface area contributed by atoms with E-state index in [4.69, 9.17) is 10.2 Å². The normalized spacial score (nSPS) is 19.4. The molecule has 24 heavy (non-hydrogen) atoms. The van der Waals surface area contributed by atoms with Gasteiger partial charge in [-0.25, -0.2) is 0 Å². The first-order valence-corrected chi connectivity index (χ1v) is 7.97. The summed E-state index contributed by atoms with van der Waals surface area (Å²) in [5, 5.41) is 2.78. The lowest BCUT2D eigenvalue weighted by Gasteiger charge is -2.03. The van der Waals surface area contributed by atoms with Gasteiger partial charge in [-0.15, -0.1) is 0 Å². The molecule has 2 aromatic rings. The van der Waals surface area contributed by atoms with Crippen LogP contribution in [-0.4, -0.2) is 11.8 Å². The number of hydrogen-bond acceptors (Lipinski definition) is 3. The highest BCUT2D eigenvalue weighted by molar-refractivity contribution is 5.93. The van der Waals surface area contributed by atoms with Crippen LogP contribution in [0.1, 0.15) is 46.7 Å². The van der Waals surface area contributed by atoms with E-state index < -0.39 is 5.91 Å². The van der Waals surface area contributed by atoms with E-state index in [0.717, 1.165) is 11.3 Å². The molecular formula is C19H20N2O3. The molecule has 2 atom stereocenters. The number of carbonyl (C=O) groups excluding carboxylic acids is 2. The number of amides is 2. The summed E-state index contributed by atoms with van der Waals surface area (Å²) in [6.07, 6.45) is 4.30. The smallest absolute Gasteiger partial charge is 0.248 e. The molecule has 1 saturated carbocycles. The summed E-state index contributed by atoms with van der Waals surface area (Å²) in [6.45, 7) is 2.58. The van der Waals surface area contributed by atoms with Gasteiger partial charge in [0.15, 0.2) is 0 Å². The fraction of sp³-hybridized carbons (Fsp3) is 0.263. The lowest BCUT2D eigenvalue weighted by atomic mass is 10.1. The number of furan rings is 1. The van der Waals surface area contributed by atoms with E-state index in [0.29, 0.717) is 29.7 Å². The maximum atomic E-state index is 11.9. The number of hydrogen-bond donors (Lipinski definition) is 2. The Bertz CT molecular complexity index is 774. The molecule has 1 aliphatic carbocycles. The standard InChI is InChI=1S/C19H20N2O3/c1-12-10-16(12)17-8-6-15(24-17)7-9-18(22)21-11-13-2-4-14(5-3-13)19(20)23/h2-9,12,16H,10-11H2,1H3,(H2,20,23)(H,21,22)/b9-7+. The summed E-state index contributed by atoms with van der Waals surface area (Å²) in [6, 6.07) is 10.7. The molecule has 1 aliphatic rings. The number of nitrogens with two attached hydrogens (primary N) is 1. The summed E-state index contributed by atoms with van der Waals surface area (Å²) in [4.78, 5) is 22.9. The Morgan fingerprint density at radius 2 is 1.96 bits per heavy atom. The van der Waals surface area contributed by atoms with Gasteiger partial charge >= 0.3 is 0 Å². The third-order valence-electron chi connectivity index (χ3n) is 4.23. The van der Waals surface area contributed by atoms with E-state index in [1.165, 1.54) is 12.5 Å². The van der Waals surface area contributed by atoms with Crippen molar-refractivity contribution in [2.45, 2.75) is 25.8 Å². The van der Waals surface area contributed by atoms with Gasteiger partial charge in [0, 0.05) is 24.1 Å². The van der Waals surface area contributed by atoms with Crippen molar-refractivity contribution < 1.29 is 14.0 Å². The Kier molecular flexibility index (Phi) is 4.51. The lowest BCUT2D eigenvalue weighted by molar-refractivity contribution is -0.116. The molecular weight excluding hydrogens is 304 g/mol. The zero-order valence-electron chi connectivity index (χ0n) is 13.5. The molecule has 124 valence electrons. The molecule has 0 bridgehead atoms. The third kappa shape index (κ3) is 3.93. The van der Waals surface area contributed by atoms with Crippen molar-refractivity contribution in [1.82, 2.24) is 5.32 Å². The summed E-state index contributed by atoms with van der Waals surface area (Å²) in [7, 11) is 0. The Morgan fingerprint density at radius 3 is 2.58 bits per heavy atom. The van der Waals surface area contributed by atoms with Gasteiger partial charge in [0.05, 0.1) is 0 Å². The van der Waals surface area contributed by atoms with Crippen molar-refractivity contribution in [1.29, 1.82) is 0 Å². The average Bonchev–Trinajstić information content (AvgIpc) is 3.11. The van der Waals surface area contributed by atoms with Gasteiger partial charge in [-0.05, 0) is 48.2 Å². The summed E-state index contributed by atoms with van der Waals surface area (Å²) < 4.78 is 5.72. The minimum Gasteiger partial charge on any atom is -0.461 e. The van der Waals surface area contributed by atoms with Crippen molar-refractivity contribution in [3.8, 4) is 0 Å². The molecule has 2 amide bonds. The largest absolute Gasteiger partial charge is 0.461 e.